The van der Waals surface area contributed by atoms with Gasteiger partial charge in [0.05, 0.1) is 10.9 Å². The highest BCUT2D eigenvalue weighted by molar-refractivity contribution is 7.91. The van der Waals surface area contributed by atoms with E-state index in [0.717, 1.165) is 0 Å². The average Bonchev–Trinajstić information content (AvgIpc) is 2.14. The topological polar surface area (TPSA) is 104 Å². The maximum Gasteiger partial charge on any atom is 0.404 e. The fourth-order valence-electron chi connectivity index (χ4n) is 1.97. The van der Waals surface area contributed by atoms with Crippen molar-refractivity contribution in [1.82, 2.24) is 5.32 Å². The molecular formula is C9H17NO5S. The first-order valence-corrected chi connectivity index (χ1v) is 7.06. The van der Waals surface area contributed by atoms with E-state index in [9.17, 15) is 18.3 Å². The van der Waals surface area contributed by atoms with Gasteiger partial charge in [-0.1, -0.05) is 0 Å². The Morgan fingerprint density at radius 1 is 1.44 bits per heavy atom. The van der Waals surface area contributed by atoms with E-state index >= 15 is 0 Å². The molecule has 0 aromatic rings. The molecule has 1 rings (SSSR count). The minimum atomic E-state index is -3.06. The van der Waals surface area contributed by atoms with Crippen LogP contribution in [0.1, 0.15) is 25.7 Å². The Morgan fingerprint density at radius 2 is 1.94 bits per heavy atom. The Kier molecular flexibility index (Phi) is 3.80. The highest BCUT2D eigenvalue weighted by Gasteiger charge is 2.36. The molecule has 0 aromatic heterocycles. The number of rotatable bonds is 3. The van der Waals surface area contributed by atoms with Crippen LogP contribution < -0.4 is 5.32 Å². The van der Waals surface area contributed by atoms with E-state index in [1.54, 1.807) is 0 Å². The second-order valence-electron chi connectivity index (χ2n) is 4.41. The summed E-state index contributed by atoms with van der Waals surface area (Å²) < 4.78 is 22.5. The number of sulfone groups is 1. The Hall–Kier alpha value is -0.820. The lowest BCUT2D eigenvalue weighted by molar-refractivity contribution is 0.00654. The summed E-state index contributed by atoms with van der Waals surface area (Å²) in [6, 6.07) is 0. The summed E-state index contributed by atoms with van der Waals surface area (Å²) >= 11 is 0. The first kappa shape index (κ1) is 13.2. The van der Waals surface area contributed by atoms with E-state index in [4.69, 9.17) is 5.11 Å². The summed E-state index contributed by atoms with van der Waals surface area (Å²) in [4.78, 5) is 10.3. The van der Waals surface area contributed by atoms with Gasteiger partial charge >= 0.3 is 6.09 Å². The lowest BCUT2D eigenvalue weighted by Crippen LogP contribution is -2.46. The number of hydrogen-bond donors (Lipinski definition) is 3. The van der Waals surface area contributed by atoms with E-state index in [2.05, 4.69) is 5.32 Å². The van der Waals surface area contributed by atoms with Crippen LogP contribution in [0.15, 0.2) is 0 Å². The zero-order chi connectivity index (χ0) is 12.4. The van der Waals surface area contributed by atoms with Gasteiger partial charge in [-0.2, -0.15) is 0 Å². The van der Waals surface area contributed by atoms with Gasteiger partial charge in [-0.25, -0.2) is 13.2 Å². The molecule has 1 aliphatic carbocycles. The Morgan fingerprint density at radius 3 is 2.31 bits per heavy atom. The number of carbonyl (C=O) groups is 1. The Bertz CT molecular complexity index is 356. The number of amides is 1. The molecule has 1 amide bonds. The van der Waals surface area contributed by atoms with E-state index in [0.29, 0.717) is 25.7 Å². The fourth-order valence-corrected chi connectivity index (χ4v) is 3.07. The molecule has 16 heavy (non-hydrogen) atoms. The molecule has 7 heteroatoms. The monoisotopic (exact) mass is 251 g/mol. The standard InChI is InChI=1S/C9H17NO5S/c1-16(14,15)7-2-4-9(13,5-3-7)6-10-8(11)12/h7,10,13H,2-6H2,1H3,(H,11,12)/t7-,9+. The molecule has 3 N–H and O–H groups in total. The van der Waals surface area contributed by atoms with Crippen LogP contribution in [0.5, 0.6) is 0 Å². The average molecular weight is 251 g/mol. The molecule has 0 atom stereocenters. The lowest BCUT2D eigenvalue weighted by atomic mass is 9.84. The van der Waals surface area contributed by atoms with E-state index in [1.807, 2.05) is 0 Å². The van der Waals surface area contributed by atoms with Crippen LogP contribution >= 0.6 is 0 Å². The molecule has 6 nitrogen and oxygen atoms in total. The number of aliphatic hydroxyl groups is 1. The molecule has 0 heterocycles. The minimum absolute atomic E-state index is 0.0428. The quantitative estimate of drug-likeness (QED) is 0.653. The number of nitrogens with one attached hydrogen (secondary N) is 1. The molecule has 1 saturated carbocycles. The highest BCUT2D eigenvalue weighted by atomic mass is 32.2. The predicted molar refractivity (Wildman–Crippen MR) is 58.1 cm³/mol. The fraction of sp³-hybridized carbons (Fsp3) is 0.889. The third-order valence-corrected chi connectivity index (χ3v) is 4.72. The van der Waals surface area contributed by atoms with Crippen molar-refractivity contribution in [3.05, 3.63) is 0 Å². The number of carboxylic acid groups (broad SMARTS) is 1. The van der Waals surface area contributed by atoms with Crippen LogP contribution in [-0.4, -0.2) is 48.4 Å². The number of hydrogen-bond acceptors (Lipinski definition) is 4. The summed E-state index contributed by atoms with van der Waals surface area (Å²) in [5, 5.41) is 20.1. The molecule has 0 aromatic carbocycles. The van der Waals surface area contributed by atoms with Gasteiger partial charge in [-0.15, -0.1) is 0 Å². The van der Waals surface area contributed by atoms with E-state index in [1.165, 1.54) is 6.26 Å². The third-order valence-electron chi connectivity index (χ3n) is 3.04. The van der Waals surface area contributed by atoms with Gasteiger partial charge in [0, 0.05) is 12.8 Å². The van der Waals surface area contributed by atoms with Crippen molar-refractivity contribution >= 4 is 15.9 Å². The first-order chi connectivity index (χ1) is 7.23. The molecule has 94 valence electrons. The second-order valence-corrected chi connectivity index (χ2v) is 6.74. The summed E-state index contributed by atoms with van der Waals surface area (Å²) in [5.41, 5.74) is -1.10. The van der Waals surface area contributed by atoms with Crippen LogP contribution in [0.25, 0.3) is 0 Å². The predicted octanol–water partition coefficient (Wildman–Crippen LogP) is -0.0277. The van der Waals surface area contributed by atoms with Crippen molar-refractivity contribution in [3.8, 4) is 0 Å². The van der Waals surface area contributed by atoms with E-state index < -0.39 is 26.8 Å². The molecule has 0 saturated heterocycles. The van der Waals surface area contributed by atoms with Gasteiger partial charge in [-0.3, -0.25) is 0 Å². The summed E-state index contributed by atoms with van der Waals surface area (Å²) in [6.45, 7) is -0.0428. The smallest absolute Gasteiger partial charge is 0.404 e. The molecular weight excluding hydrogens is 234 g/mol. The van der Waals surface area contributed by atoms with Crippen LogP contribution in [0, 0.1) is 0 Å². The SMILES string of the molecule is CS(=O)(=O)[C@H]1CC[C@](O)(CNC(=O)O)CC1. The van der Waals surface area contributed by atoms with Crippen molar-refractivity contribution in [2.45, 2.75) is 36.5 Å². The van der Waals surface area contributed by atoms with Crippen LogP contribution in [0.2, 0.25) is 0 Å². The highest BCUT2D eigenvalue weighted by Crippen LogP contribution is 2.31. The van der Waals surface area contributed by atoms with Crippen molar-refractivity contribution in [1.29, 1.82) is 0 Å². The molecule has 0 bridgehead atoms. The Balaban J connectivity index is 2.50. The second kappa shape index (κ2) is 4.58. The van der Waals surface area contributed by atoms with Gasteiger partial charge in [-0.05, 0) is 25.7 Å². The minimum Gasteiger partial charge on any atom is -0.465 e. The van der Waals surface area contributed by atoms with Crippen LogP contribution in [0.3, 0.4) is 0 Å². The van der Waals surface area contributed by atoms with E-state index in [-0.39, 0.29) is 6.54 Å². The normalized spacial score (nSPS) is 31.0. The summed E-state index contributed by atoms with van der Waals surface area (Å²) in [6.07, 6.45) is 1.40. The van der Waals surface area contributed by atoms with Gasteiger partial charge < -0.3 is 15.5 Å². The Labute approximate surface area is 94.6 Å². The lowest BCUT2D eigenvalue weighted by Gasteiger charge is -2.35. The molecule has 0 radical (unpaired) electrons. The van der Waals surface area contributed by atoms with Crippen molar-refractivity contribution in [2.75, 3.05) is 12.8 Å². The maximum atomic E-state index is 11.3. The molecule has 0 spiro atoms. The van der Waals surface area contributed by atoms with Crippen molar-refractivity contribution in [3.63, 3.8) is 0 Å². The van der Waals surface area contributed by atoms with Crippen molar-refractivity contribution in [2.24, 2.45) is 0 Å². The van der Waals surface area contributed by atoms with Crippen molar-refractivity contribution < 1.29 is 23.4 Å². The zero-order valence-corrected chi connectivity index (χ0v) is 9.96. The third kappa shape index (κ3) is 3.64. The molecule has 0 unspecified atom stereocenters. The first-order valence-electron chi connectivity index (χ1n) is 5.11. The maximum absolute atomic E-state index is 11.3. The largest absolute Gasteiger partial charge is 0.465 e. The molecule has 1 fully saturated rings. The van der Waals surface area contributed by atoms with Gasteiger partial charge in [0.1, 0.15) is 9.84 Å². The zero-order valence-electron chi connectivity index (χ0n) is 9.14. The van der Waals surface area contributed by atoms with Gasteiger partial charge in [0.2, 0.25) is 0 Å². The summed E-state index contributed by atoms with van der Waals surface area (Å²) in [5.74, 6) is 0. The van der Waals surface area contributed by atoms with Gasteiger partial charge in [0.25, 0.3) is 0 Å². The van der Waals surface area contributed by atoms with Gasteiger partial charge in [0.15, 0.2) is 0 Å². The molecule has 0 aliphatic heterocycles. The molecule has 1 aliphatic rings. The van der Waals surface area contributed by atoms with Crippen LogP contribution in [0.4, 0.5) is 4.79 Å². The van der Waals surface area contributed by atoms with Crippen LogP contribution in [-0.2, 0) is 9.84 Å². The summed E-state index contributed by atoms with van der Waals surface area (Å²) in [7, 11) is -3.06.